The summed E-state index contributed by atoms with van der Waals surface area (Å²) in [4.78, 5) is 2.36. The van der Waals surface area contributed by atoms with Crippen molar-refractivity contribution in [2.45, 2.75) is 0 Å². The Labute approximate surface area is 131 Å². The highest BCUT2D eigenvalue weighted by Gasteiger charge is 2.16. The molecule has 1 N–H and O–H groups in total. The van der Waals surface area contributed by atoms with Gasteiger partial charge in [-0.15, -0.1) is 0 Å². The maximum absolute atomic E-state index is 5.63. The van der Waals surface area contributed by atoms with Gasteiger partial charge in [-0.05, 0) is 23.8 Å². The van der Waals surface area contributed by atoms with Gasteiger partial charge in [-0.2, -0.15) is 0 Å². The van der Waals surface area contributed by atoms with E-state index in [9.17, 15) is 0 Å². The topological polar surface area (TPSA) is 33.7 Å². The molecular weight excluding hydrogens is 276 g/mol. The predicted octanol–water partition coefficient (Wildman–Crippen LogP) is 2.78. The van der Waals surface area contributed by atoms with Crippen LogP contribution in [0.1, 0.15) is 0 Å². The molecule has 1 fully saturated rings. The molecule has 4 heteroatoms. The first kappa shape index (κ1) is 14.7. The summed E-state index contributed by atoms with van der Waals surface area (Å²) in [6.07, 6.45) is 0. The van der Waals surface area contributed by atoms with Crippen molar-refractivity contribution in [2.75, 3.05) is 45.3 Å². The molecule has 3 rings (SSSR count). The van der Waals surface area contributed by atoms with Crippen LogP contribution in [0.25, 0.3) is 11.1 Å². The molecule has 1 aliphatic rings. The molecule has 0 saturated carbocycles. The first-order valence-corrected chi connectivity index (χ1v) is 7.60. The van der Waals surface area contributed by atoms with Crippen molar-refractivity contribution in [2.24, 2.45) is 0 Å². The molecule has 0 atom stereocenters. The average Bonchev–Trinajstić information content (AvgIpc) is 2.62. The van der Waals surface area contributed by atoms with E-state index in [0.29, 0.717) is 0 Å². The van der Waals surface area contributed by atoms with Gasteiger partial charge in [0.15, 0.2) is 0 Å². The molecule has 0 amide bonds. The van der Waals surface area contributed by atoms with Crippen LogP contribution in [0, 0.1) is 0 Å². The molecular formula is C18H22N2O2. The summed E-state index contributed by atoms with van der Waals surface area (Å²) in [5.74, 6) is 1.78. The molecule has 4 nitrogen and oxygen atoms in total. The van der Waals surface area contributed by atoms with E-state index >= 15 is 0 Å². The largest absolute Gasteiger partial charge is 0.496 e. The first-order valence-electron chi connectivity index (χ1n) is 7.60. The SMILES string of the molecule is COc1ccccc1-c1ccc(N2CCNCC2)c(OC)c1. The summed E-state index contributed by atoms with van der Waals surface area (Å²) in [6.45, 7) is 4.03. The van der Waals surface area contributed by atoms with Crippen LogP contribution in [-0.4, -0.2) is 40.4 Å². The fourth-order valence-corrected chi connectivity index (χ4v) is 2.90. The lowest BCUT2D eigenvalue weighted by molar-refractivity contribution is 0.412. The molecule has 0 aromatic heterocycles. The van der Waals surface area contributed by atoms with E-state index in [1.165, 1.54) is 0 Å². The fraction of sp³-hybridized carbons (Fsp3) is 0.333. The van der Waals surface area contributed by atoms with Gasteiger partial charge in [-0.25, -0.2) is 0 Å². The quantitative estimate of drug-likeness (QED) is 0.941. The zero-order chi connectivity index (χ0) is 15.4. The molecule has 1 heterocycles. The summed E-state index contributed by atoms with van der Waals surface area (Å²) in [5, 5.41) is 3.38. The Morgan fingerprint density at radius 3 is 2.36 bits per heavy atom. The number of nitrogens with one attached hydrogen (secondary N) is 1. The minimum atomic E-state index is 0.875. The lowest BCUT2D eigenvalue weighted by atomic mass is 10.0. The number of hydrogen-bond acceptors (Lipinski definition) is 4. The van der Waals surface area contributed by atoms with Crippen LogP contribution < -0.4 is 19.7 Å². The van der Waals surface area contributed by atoms with E-state index < -0.39 is 0 Å². The molecule has 0 bridgehead atoms. The van der Waals surface area contributed by atoms with Crippen LogP contribution in [0.2, 0.25) is 0 Å². The highest BCUT2D eigenvalue weighted by molar-refractivity contribution is 5.75. The van der Waals surface area contributed by atoms with Crippen molar-refractivity contribution >= 4 is 5.69 Å². The Hall–Kier alpha value is -2.20. The number of rotatable bonds is 4. The minimum absolute atomic E-state index is 0.875. The van der Waals surface area contributed by atoms with E-state index in [1.54, 1.807) is 14.2 Å². The summed E-state index contributed by atoms with van der Waals surface area (Å²) in [6, 6.07) is 14.4. The second-order valence-corrected chi connectivity index (χ2v) is 5.32. The van der Waals surface area contributed by atoms with Crippen LogP contribution in [0.15, 0.2) is 42.5 Å². The van der Waals surface area contributed by atoms with Crippen molar-refractivity contribution in [3.05, 3.63) is 42.5 Å². The number of nitrogens with zero attached hydrogens (tertiary/aromatic N) is 1. The smallest absolute Gasteiger partial charge is 0.142 e. The second kappa shape index (κ2) is 6.71. The molecule has 2 aromatic carbocycles. The number of anilines is 1. The Bertz CT molecular complexity index is 637. The summed E-state index contributed by atoms with van der Waals surface area (Å²) in [5.41, 5.74) is 3.34. The molecule has 0 aliphatic carbocycles. The first-order chi connectivity index (χ1) is 10.8. The van der Waals surface area contributed by atoms with Gasteiger partial charge in [0.25, 0.3) is 0 Å². The predicted molar refractivity (Wildman–Crippen MR) is 90.1 cm³/mol. The van der Waals surface area contributed by atoms with Crippen LogP contribution >= 0.6 is 0 Å². The number of piperazine rings is 1. The Kier molecular flexibility index (Phi) is 4.49. The van der Waals surface area contributed by atoms with Gasteiger partial charge < -0.3 is 19.7 Å². The third-order valence-electron chi connectivity index (χ3n) is 4.06. The van der Waals surface area contributed by atoms with Gasteiger partial charge in [-0.1, -0.05) is 24.3 Å². The van der Waals surface area contributed by atoms with Crippen LogP contribution in [0.3, 0.4) is 0 Å². The van der Waals surface area contributed by atoms with Gasteiger partial charge in [0.05, 0.1) is 19.9 Å². The van der Waals surface area contributed by atoms with Crippen molar-refractivity contribution in [3.8, 4) is 22.6 Å². The molecule has 1 aliphatic heterocycles. The summed E-state index contributed by atoms with van der Waals surface area (Å²) < 4.78 is 11.1. The number of methoxy groups -OCH3 is 2. The molecule has 1 saturated heterocycles. The van der Waals surface area contributed by atoms with Gasteiger partial charge in [0, 0.05) is 31.7 Å². The molecule has 2 aromatic rings. The summed E-state index contributed by atoms with van der Waals surface area (Å²) >= 11 is 0. The molecule has 116 valence electrons. The van der Waals surface area contributed by atoms with Crippen molar-refractivity contribution in [1.29, 1.82) is 0 Å². The van der Waals surface area contributed by atoms with Gasteiger partial charge in [0.1, 0.15) is 11.5 Å². The molecule has 0 radical (unpaired) electrons. The zero-order valence-electron chi connectivity index (χ0n) is 13.1. The van der Waals surface area contributed by atoms with E-state index in [1.807, 2.05) is 18.2 Å². The van der Waals surface area contributed by atoms with Crippen LogP contribution in [0.4, 0.5) is 5.69 Å². The lowest BCUT2D eigenvalue weighted by Gasteiger charge is -2.30. The monoisotopic (exact) mass is 298 g/mol. The van der Waals surface area contributed by atoms with Crippen molar-refractivity contribution in [1.82, 2.24) is 5.32 Å². The third-order valence-corrected chi connectivity index (χ3v) is 4.06. The Morgan fingerprint density at radius 1 is 0.909 bits per heavy atom. The fourth-order valence-electron chi connectivity index (χ4n) is 2.90. The lowest BCUT2D eigenvalue weighted by Crippen LogP contribution is -2.43. The van der Waals surface area contributed by atoms with Gasteiger partial charge >= 0.3 is 0 Å². The van der Waals surface area contributed by atoms with Gasteiger partial charge in [0.2, 0.25) is 0 Å². The number of benzene rings is 2. The maximum atomic E-state index is 5.63. The zero-order valence-corrected chi connectivity index (χ0v) is 13.1. The van der Waals surface area contributed by atoms with Crippen LogP contribution in [-0.2, 0) is 0 Å². The van der Waals surface area contributed by atoms with Crippen LogP contribution in [0.5, 0.6) is 11.5 Å². The van der Waals surface area contributed by atoms with E-state index in [0.717, 1.165) is 54.5 Å². The van der Waals surface area contributed by atoms with E-state index in [2.05, 4.69) is 34.5 Å². The molecule has 22 heavy (non-hydrogen) atoms. The van der Waals surface area contributed by atoms with Crippen molar-refractivity contribution in [3.63, 3.8) is 0 Å². The normalized spacial score (nSPS) is 14.7. The number of hydrogen-bond donors (Lipinski definition) is 1. The third kappa shape index (κ3) is 2.88. The van der Waals surface area contributed by atoms with E-state index in [4.69, 9.17) is 9.47 Å². The Morgan fingerprint density at radius 2 is 1.64 bits per heavy atom. The van der Waals surface area contributed by atoms with E-state index in [-0.39, 0.29) is 0 Å². The highest BCUT2D eigenvalue weighted by atomic mass is 16.5. The number of para-hydroxylation sites is 1. The van der Waals surface area contributed by atoms with Crippen molar-refractivity contribution < 1.29 is 9.47 Å². The number of ether oxygens (including phenoxy) is 2. The average molecular weight is 298 g/mol. The Balaban J connectivity index is 1.97. The molecule has 0 unspecified atom stereocenters. The molecule has 0 spiro atoms. The minimum Gasteiger partial charge on any atom is -0.496 e. The maximum Gasteiger partial charge on any atom is 0.142 e. The van der Waals surface area contributed by atoms with Gasteiger partial charge in [-0.3, -0.25) is 0 Å². The standard InChI is InChI=1S/C18H22N2O2/c1-21-17-6-4-3-5-15(17)14-7-8-16(18(13-14)22-2)20-11-9-19-10-12-20/h3-8,13,19H,9-12H2,1-2H3. The highest BCUT2D eigenvalue weighted by Crippen LogP contribution is 2.36. The second-order valence-electron chi connectivity index (χ2n) is 5.32. The summed E-state index contributed by atoms with van der Waals surface area (Å²) in [7, 11) is 3.43.